The molecule has 102 valence electrons. The van der Waals surface area contributed by atoms with Crippen LogP contribution in [0.2, 0.25) is 5.02 Å². The van der Waals surface area contributed by atoms with Crippen molar-refractivity contribution in [1.82, 2.24) is 9.71 Å². The Kier molecular flexibility index (Phi) is 4.24. The van der Waals surface area contributed by atoms with Gasteiger partial charge in [0.1, 0.15) is 5.76 Å². The van der Waals surface area contributed by atoms with Crippen molar-refractivity contribution in [2.75, 3.05) is 6.54 Å². The molecule has 0 saturated heterocycles. The molecule has 0 aliphatic carbocycles. The lowest BCUT2D eigenvalue weighted by atomic mass is 10.4. The van der Waals surface area contributed by atoms with Gasteiger partial charge in [-0.05, 0) is 25.1 Å². The van der Waals surface area contributed by atoms with E-state index < -0.39 is 10.0 Å². The van der Waals surface area contributed by atoms with Crippen LogP contribution in [-0.2, 0) is 16.4 Å². The van der Waals surface area contributed by atoms with E-state index in [0.29, 0.717) is 23.1 Å². The van der Waals surface area contributed by atoms with Gasteiger partial charge < -0.3 is 4.42 Å². The number of hydrogen-bond acceptors (Lipinski definition) is 4. The van der Waals surface area contributed by atoms with Crippen LogP contribution in [-0.4, -0.2) is 19.9 Å². The normalized spacial score (nSPS) is 11.7. The second kappa shape index (κ2) is 5.73. The van der Waals surface area contributed by atoms with Crippen molar-refractivity contribution in [1.29, 1.82) is 0 Å². The summed E-state index contributed by atoms with van der Waals surface area (Å²) in [6.07, 6.45) is 1.99. The van der Waals surface area contributed by atoms with E-state index in [1.54, 1.807) is 25.3 Å². The van der Waals surface area contributed by atoms with Crippen molar-refractivity contribution < 1.29 is 12.8 Å². The lowest BCUT2D eigenvalue weighted by Crippen LogP contribution is -2.26. The topological polar surface area (TPSA) is 72.2 Å². The van der Waals surface area contributed by atoms with Gasteiger partial charge in [0.15, 0.2) is 5.89 Å². The Morgan fingerprint density at radius 3 is 2.84 bits per heavy atom. The molecule has 7 heteroatoms. The van der Waals surface area contributed by atoms with E-state index in [1.165, 1.54) is 12.1 Å². The van der Waals surface area contributed by atoms with Gasteiger partial charge in [-0.25, -0.2) is 18.1 Å². The molecule has 0 atom stereocenters. The first-order chi connectivity index (χ1) is 8.97. The van der Waals surface area contributed by atoms with Crippen LogP contribution in [0.25, 0.3) is 0 Å². The molecule has 1 heterocycles. The molecule has 0 aliphatic rings. The van der Waals surface area contributed by atoms with Crippen LogP contribution in [0.1, 0.15) is 11.7 Å². The van der Waals surface area contributed by atoms with Crippen molar-refractivity contribution in [3.05, 3.63) is 47.1 Å². The summed E-state index contributed by atoms with van der Waals surface area (Å²) in [5.74, 6) is 1.21. The van der Waals surface area contributed by atoms with Crippen LogP contribution in [0.3, 0.4) is 0 Å². The van der Waals surface area contributed by atoms with Gasteiger partial charge in [-0.15, -0.1) is 0 Å². The number of nitrogens with one attached hydrogen (secondary N) is 1. The third-order valence-corrected chi connectivity index (χ3v) is 4.10. The maximum Gasteiger partial charge on any atom is 0.240 e. The molecule has 2 rings (SSSR count). The number of halogens is 1. The summed E-state index contributed by atoms with van der Waals surface area (Å²) in [6.45, 7) is 2.00. The van der Waals surface area contributed by atoms with Crippen molar-refractivity contribution in [3.8, 4) is 0 Å². The molecule has 5 nitrogen and oxygen atoms in total. The van der Waals surface area contributed by atoms with Gasteiger partial charge in [-0.3, -0.25) is 0 Å². The summed E-state index contributed by atoms with van der Waals surface area (Å²) in [5, 5.41) is 0.381. The molecule has 0 unspecified atom stereocenters. The Morgan fingerprint density at radius 1 is 1.42 bits per heavy atom. The number of oxazole rings is 1. The highest BCUT2D eigenvalue weighted by atomic mass is 35.5. The Labute approximate surface area is 116 Å². The quantitative estimate of drug-likeness (QED) is 0.918. The fourth-order valence-corrected chi connectivity index (χ4v) is 2.86. The predicted molar refractivity (Wildman–Crippen MR) is 71.6 cm³/mol. The maximum atomic E-state index is 12.0. The van der Waals surface area contributed by atoms with Gasteiger partial charge in [0, 0.05) is 18.0 Å². The third kappa shape index (κ3) is 3.79. The van der Waals surface area contributed by atoms with Gasteiger partial charge in [0.2, 0.25) is 10.0 Å². The third-order valence-electron chi connectivity index (χ3n) is 2.41. The van der Waals surface area contributed by atoms with Gasteiger partial charge in [0.25, 0.3) is 0 Å². The van der Waals surface area contributed by atoms with Crippen LogP contribution >= 0.6 is 11.6 Å². The SMILES string of the molecule is Cc1cnc(CCNS(=O)(=O)c2cccc(Cl)c2)o1. The molecule has 1 aromatic carbocycles. The molecule has 0 aliphatic heterocycles. The summed E-state index contributed by atoms with van der Waals surface area (Å²) >= 11 is 5.77. The molecular formula is C12H13ClN2O3S. The van der Waals surface area contributed by atoms with Crippen LogP contribution in [0.5, 0.6) is 0 Å². The zero-order valence-electron chi connectivity index (χ0n) is 10.3. The zero-order chi connectivity index (χ0) is 13.9. The van der Waals surface area contributed by atoms with Gasteiger partial charge in [-0.2, -0.15) is 0 Å². The first-order valence-electron chi connectivity index (χ1n) is 5.64. The number of sulfonamides is 1. The molecule has 0 amide bonds. The summed E-state index contributed by atoms with van der Waals surface area (Å²) in [6, 6.07) is 6.10. The predicted octanol–water partition coefficient (Wildman–Crippen LogP) is 2.16. The average Bonchev–Trinajstić information content (AvgIpc) is 2.75. The molecule has 0 spiro atoms. The van der Waals surface area contributed by atoms with Crippen LogP contribution in [0.15, 0.2) is 39.8 Å². The standard InChI is InChI=1S/C12H13ClN2O3S/c1-9-8-14-12(18-9)5-6-15-19(16,17)11-4-2-3-10(13)7-11/h2-4,7-8,15H,5-6H2,1H3. The van der Waals surface area contributed by atoms with E-state index in [0.717, 1.165) is 0 Å². The smallest absolute Gasteiger partial charge is 0.240 e. The molecule has 19 heavy (non-hydrogen) atoms. The summed E-state index contributed by atoms with van der Waals surface area (Å²) in [4.78, 5) is 4.14. The zero-order valence-corrected chi connectivity index (χ0v) is 11.8. The van der Waals surface area contributed by atoms with Crippen molar-refractivity contribution in [3.63, 3.8) is 0 Å². The number of benzene rings is 1. The largest absolute Gasteiger partial charge is 0.446 e. The second-order valence-electron chi connectivity index (χ2n) is 3.97. The highest BCUT2D eigenvalue weighted by Crippen LogP contribution is 2.15. The number of aromatic nitrogens is 1. The molecule has 0 fully saturated rings. The number of aryl methyl sites for hydroxylation is 1. The van der Waals surface area contributed by atoms with Crippen molar-refractivity contribution in [2.45, 2.75) is 18.2 Å². The highest BCUT2D eigenvalue weighted by molar-refractivity contribution is 7.89. The molecular weight excluding hydrogens is 288 g/mol. The second-order valence-corrected chi connectivity index (χ2v) is 6.17. The van der Waals surface area contributed by atoms with E-state index in [9.17, 15) is 8.42 Å². The van der Waals surface area contributed by atoms with E-state index in [4.69, 9.17) is 16.0 Å². The van der Waals surface area contributed by atoms with Crippen LogP contribution in [0, 0.1) is 6.92 Å². The molecule has 1 aromatic heterocycles. The fraction of sp³-hybridized carbons (Fsp3) is 0.250. The minimum Gasteiger partial charge on any atom is -0.446 e. The molecule has 0 saturated carbocycles. The Morgan fingerprint density at radius 2 is 2.21 bits per heavy atom. The Hall–Kier alpha value is -1.37. The van der Waals surface area contributed by atoms with Gasteiger partial charge in [-0.1, -0.05) is 17.7 Å². The lowest BCUT2D eigenvalue weighted by Gasteiger charge is -2.05. The first-order valence-corrected chi connectivity index (χ1v) is 7.50. The summed E-state index contributed by atoms with van der Waals surface area (Å²) < 4.78 is 31.6. The molecule has 2 aromatic rings. The summed E-state index contributed by atoms with van der Waals surface area (Å²) in [7, 11) is -3.55. The molecule has 0 bridgehead atoms. The molecule has 1 N–H and O–H groups in total. The van der Waals surface area contributed by atoms with E-state index in [1.807, 2.05) is 0 Å². The monoisotopic (exact) mass is 300 g/mol. The van der Waals surface area contributed by atoms with E-state index >= 15 is 0 Å². The minimum atomic E-state index is -3.55. The Bertz CT molecular complexity index is 667. The highest BCUT2D eigenvalue weighted by Gasteiger charge is 2.14. The lowest BCUT2D eigenvalue weighted by molar-refractivity contribution is 0.469. The minimum absolute atomic E-state index is 0.142. The van der Waals surface area contributed by atoms with E-state index in [2.05, 4.69) is 9.71 Å². The van der Waals surface area contributed by atoms with Crippen LogP contribution < -0.4 is 4.72 Å². The first kappa shape index (κ1) is 14.0. The molecule has 0 radical (unpaired) electrons. The number of nitrogens with zero attached hydrogens (tertiary/aromatic N) is 1. The van der Waals surface area contributed by atoms with Gasteiger partial charge in [0.05, 0.1) is 11.1 Å². The van der Waals surface area contributed by atoms with Crippen molar-refractivity contribution in [2.24, 2.45) is 0 Å². The summed E-state index contributed by atoms with van der Waals surface area (Å²) in [5.41, 5.74) is 0. The van der Waals surface area contributed by atoms with Crippen LogP contribution in [0.4, 0.5) is 0 Å². The fourth-order valence-electron chi connectivity index (χ4n) is 1.53. The number of hydrogen-bond donors (Lipinski definition) is 1. The maximum absolute atomic E-state index is 12.0. The van der Waals surface area contributed by atoms with E-state index in [-0.39, 0.29) is 11.4 Å². The number of rotatable bonds is 5. The average molecular weight is 301 g/mol. The van der Waals surface area contributed by atoms with Crippen molar-refractivity contribution >= 4 is 21.6 Å². The van der Waals surface area contributed by atoms with Gasteiger partial charge >= 0.3 is 0 Å². The Balaban J connectivity index is 1.98.